The SMILES string of the molecule is COc1ccc(-c2nc(C(=O)N3CCN(S(=O)(=O)N(C)C)CC3)cs2)cc1. The number of carbonyl (C=O) groups excluding carboxylic acids is 1. The van der Waals surface area contributed by atoms with Crippen LogP contribution in [-0.2, 0) is 10.2 Å². The molecule has 1 saturated heterocycles. The van der Waals surface area contributed by atoms with E-state index in [0.29, 0.717) is 18.8 Å². The van der Waals surface area contributed by atoms with Crippen LogP contribution in [0.2, 0.25) is 0 Å². The highest BCUT2D eigenvalue weighted by Crippen LogP contribution is 2.26. The first-order chi connectivity index (χ1) is 12.8. The molecule has 1 amide bonds. The number of methoxy groups -OCH3 is 1. The van der Waals surface area contributed by atoms with Crippen LogP contribution in [0.5, 0.6) is 5.75 Å². The number of thiazole rings is 1. The maximum Gasteiger partial charge on any atom is 0.281 e. The molecule has 0 radical (unpaired) electrons. The minimum atomic E-state index is -3.45. The van der Waals surface area contributed by atoms with Crippen LogP contribution in [0.15, 0.2) is 29.6 Å². The van der Waals surface area contributed by atoms with Crippen LogP contribution in [0.25, 0.3) is 10.6 Å². The van der Waals surface area contributed by atoms with Crippen molar-refractivity contribution in [2.24, 2.45) is 0 Å². The molecule has 0 aliphatic carbocycles. The van der Waals surface area contributed by atoms with Crippen LogP contribution in [0.1, 0.15) is 10.5 Å². The average molecular weight is 411 g/mol. The second kappa shape index (κ2) is 7.93. The van der Waals surface area contributed by atoms with E-state index in [4.69, 9.17) is 4.74 Å². The molecule has 2 heterocycles. The molecule has 1 aromatic carbocycles. The zero-order valence-electron chi connectivity index (χ0n) is 15.5. The number of amides is 1. The molecule has 27 heavy (non-hydrogen) atoms. The molecular weight excluding hydrogens is 388 g/mol. The topological polar surface area (TPSA) is 83.0 Å². The zero-order valence-corrected chi connectivity index (χ0v) is 17.1. The van der Waals surface area contributed by atoms with Gasteiger partial charge in [0.25, 0.3) is 16.1 Å². The number of nitrogens with zero attached hydrogens (tertiary/aromatic N) is 4. The summed E-state index contributed by atoms with van der Waals surface area (Å²) < 4.78 is 32.1. The Kier molecular flexibility index (Phi) is 5.80. The monoisotopic (exact) mass is 410 g/mol. The maximum absolute atomic E-state index is 12.7. The molecule has 0 N–H and O–H groups in total. The first-order valence-electron chi connectivity index (χ1n) is 8.40. The molecule has 2 aromatic rings. The summed E-state index contributed by atoms with van der Waals surface area (Å²) in [4.78, 5) is 18.8. The molecule has 0 unspecified atom stereocenters. The fourth-order valence-electron chi connectivity index (χ4n) is 2.75. The van der Waals surface area contributed by atoms with Crippen LogP contribution in [0.3, 0.4) is 0 Å². The van der Waals surface area contributed by atoms with Crippen molar-refractivity contribution in [3.8, 4) is 16.3 Å². The van der Waals surface area contributed by atoms with Gasteiger partial charge in [-0.15, -0.1) is 11.3 Å². The lowest BCUT2D eigenvalue weighted by Crippen LogP contribution is -2.53. The molecule has 10 heteroatoms. The largest absolute Gasteiger partial charge is 0.497 e. The number of hydrogen-bond acceptors (Lipinski definition) is 6. The van der Waals surface area contributed by atoms with Crippen LogP contribution in [0, 0.1) is 0 Å². The summed E-state index contributed by atoms with van der Waals surface area (Å²) in [5, 5.41) is 2.50. The van der Waals surface area contributed by atoms with E-state index in [9.17, 15) is 13.2 Å². The van der Waals surface area contributed by atoms with Gasteiger partial charge in [0.2, 0.25) is 0 Å². The maximum atomic E-state index is 12.7. The highest BCUT2D eigenvalue weighted by Gasteiger charge is 2.31. The van der Waals surface area contributed by atoms with E-state index in [-0.39, 0.29) is 19.0 Å². The minimum absolute atomic E-state index is 0.173. The van der Waals surface area contributed by atoms with Gasteiger partial charge < -0.3 is 9.64 Å². The molecular formula is C17H22N4O4S2. The Labute approximate surface area is 163 Å². The van der Waals surface area contributed by atoms with Crippen LogP contribution < -0.4 is 4.74 Å². The van der Waals surface area contributed by atoms with Crippen molar-refractivity contribution in [2.75, 3.05) is 47.4 Å². The summed E-state index contributed by atoms with van der Waals surface area (Å²) in [7, 11) is 1.17. The Balaban J connectivity index is 1.66. The molecule has 0 bridgehead atoms. The van der Waals surface area contributed by atoms with Crippen LogP contribution in [0.4, 0.5) is 0 Å². The van der Waals surface area contributed by atoms with Gasteiger partial charge in [-0.3, -0.25) is 4.79 Å². The second-order valence-corrected chi connectivity index (χ2v) is 9.25. The normalized spacial score (nSPS) is 15.9. The predicted molar refractivity (Wildman–Crippen MR) is 104 cm³/mol. The van der Waals surface area contributed by atoms with E-state index >= 15 is 0 Å². The summed E-state index contributed by atoms with van der Waals surface area (Å²) in [6, 6.07) is 7.50. The molecule has 0 saturated carbocycles. The van der Waals surface area contributed by atoms with Crippen molar-refractivity contribution in [2.45, 2.75) is 0 Å². The summed E-state index contributed by atoms with van der Waals surface area (Å²) in [6.45, 7) is 1.26. The minimum Gasteiger partial charge on any atom is -0.497 e. The van der Waals surface area contributed by atoms with Crippen molar-refractivity contribution >= 4 is 27.5 Å². The van der Waals surface area contributed by atoms with Gasteiger partial charge in [-0.2, -0.15) is 17.0 Å². The van der Waals surface area contributed by atoms with E-state index in [1.165, 1.54) is 34.0 Å². The van der Waals surface area contributed by atoms with E-state index in [1.807, 2.05) is 24.3 Å². The fraction of sp³-hybridized carbons (Fsp3) is 0.412. The Hall–Kier alpha value is -2.01. The number of aromatic nitrogens is 1. The van der Waals surface area contributed by atoms with Gasteiger partial charge in [0.05, 0.1) is 7.11 Å². The Morgan fingerprint density at radius 2 is 1.78 bits per heavy atom. The second-order valence-electron chi connectivity index (χ2n) is 6.25. The molecule has 1 aromatic heterocycles. The van der Waals surface area contributed by atoms with Gasteiger partial charge in [0.1, 0.15) is 16.5 Å². The van der Waals surface area contributed by atoms with E-state index < -0.39 is 10.2 Å². The average Bonchev–Trinajstić information content (AvgIpc) is 3.17. The summed E-state index contributed by atoms with van der Waals surface area (Å²) in [5.41, 5.74) is 1.30. The first-order valence-corrected chi connectivity index (χ1v) is 10.7. The summed E-state index contributed by atoms with van der Waals surface area (Å²) in [6.07, 6.45) is 0. The van der Waals surface area contributed by atoms with Gasteiger partial charge in [0, 0.05) is 51.2 Å². The highest BCUT2D eigenvalue weighted by atomic mass is 32.2. The number of hydrogen-bond donors (Lipinski definition) is 0. The van der Waals surface area contributed by atoms with Gasteiger partial charge >= 0.3 is 0 Å². The molecule has 1 aliphatic rings. The van der Waals surface area contributed by atoms with Crippen molar-refractivity contribution in [1.82, 2.24) is 18.5 Å². The van der Waals surface area contributed by atoms with Crippen molar-refractivity contribution in [3.63, 3.8) is 0 Å². The molecule has 1 fully saturated rings. The standard InChI is InChI=1S/C17H22N4O4S2/c1-19(2)27(23,24)21-10-8-20(9-11-21)17(22)15-12-26-16(18-15)13-4-6-14(25-3)7-5-13/h4-7,12H,8-11H2,1-3H3. The lowest BCUT2D eigenvalue weighted by molar-refractivity contribution is 0.0690. The van der Waals surface area contributed by atoms with Gasteiger partial charge in [-0.05, 0) is 24.3 Å². The molecule has 3 rings (SSSR count). The summed E-state index contributed by atoms with van der Waals surface area (Å²) in [5.74, 6) is 0.588. The van der Waals surface area contributed by atoms with Crippen molar-refractivity contribution in [1.29, 1.82) is 0 Å². The Morgan fingerprint density at radius 1 is 1.15 bits per heavy atom. The molecule has 0 spiro atoms. The molecule has 0 atom stereocenters. The van der Waals surface area contributed by atoms with E-state index in [0.717, 1.165) is 16.3 Å². The van der Waals surface area contributed by atoms with Gasteiger partial charge in [-0.1, -0.05) is 0 Å². The lowest BCUT2D eigenvalue weighted by Gasteiger charge is -2.34. The van der Waals surface area contributed by atoms with Gasteiger partial charge in [-0.25, -0.2) is 4.98 Å². The smallest absolute Gasteiger partial charge is 0.281 e. The van der Waals surface area contributed by atoms with Crippen molar-refractivity contribution < 1.29 is 17.9 Å². The number of rotatable bonds is 5. The third kappa shape index (κ3) is 4.13. The van der Waals surface area contributed by atoms with E-state index in [2.05, 4.69) is 4.98 Å². The Morgan fingerprint density at radius 3 is 2.33 bits per heavy atom. The fourth-order valence-corrected chi connectivity index (χ4v) is 4.64. The number of benzene rings is 1. The molecule has 8 nitrogen and oxygen atoms in total. The predicted octanol–water partition coefficient (Wildman–Crippen LogP) is 1.38. The van der Waals surface area contributed by atoms with Crippen LogP contribution >= 0.6 is 11.3 Å². The lowest BCUT2D eigenvalue weighted by atomic mass is 10.2. The number of carbonyl (C=O) groups is 1. The first kappa shape index (κ1) is 19.7. The van der Waals surface area contributed by atoms with E-state index in [1.54, 1.807) is 17.4 Å². The quantitative estimate of drug-likeness (QED) is 0.744. The zero-order chi connectivity index (χ0) is 19.6. The third-order valence-electron chi connectivity index (χ3n) is 4.37. The molecule has 146 valence electrons. The highest BCUT2D eigenvalue weighted by molar-refractivity contribution is 7.86. The van der Waals surface area contributed by atoms with Crippen molar-refractivity contribution in [3.05, 3.63) is 35.3 Å². The Bertz CT molecular complexity index is 901. The number of piperazine rings is 1. The third-order valence-corrected chi connectivity index (χ3v) is 7.21. The summed E-state index contributed by atoms with van der Waals surface area (Å²) >= 11 is 1.40. The van der Waals surface area contributed by atoms with Crippen LogP contribution in [-0.4, -0.2) is 80.2 Å². The molecule has 1 aliphatic heterocycles. The van der Waals surface area contributed by atoms with Gasteiger partial charge in [0.15, 0.2) is 0 Å². The number of ether oxygens (including phenoxy) is 1.